The second-order valence-corrected chi connectivity index (χ2v) is 7.60. The fourth-order valence-electron chi connectivity index (χ4n) is 3.29. The van der Waals surface area contributed by atoms with Crippen LogP contribution in [-0.2, 0) is 9.47 Å². The summed E-state index contributed by atoms with van der Waals surface area (Å²) < 4.78 is 11.6. The van der Waals surface area contributed by atoms with Gasteiger partial charge in [-0.2, -0.15) is 0 Å². The Morgan fingerprint density at radius 3 is 2.15 bits per heavy atom. The first-order valence-corrected chi connectivity index (χ1v) is 8.02. The molecule has 0 aromatic rings. The molecule has 0 aromatic heterocycles. The molecule has 0 N–H and O–H groups in total. The number of hydrogen-bond acceptors (Lipinski definition) is 4. The molecule has 0 unspecified atom stereocenters. The number of ether oxygens (including phenoxy) is 2. The smallest absolute Gasteiger partial charge is 0.0753 e. The van der Waals surface area contributed by atoms with E-state index in [4.69, 9.17) is 9.47 Å². The summed E-state index contributed by atoms with van der Waals surface area (Å²) in [7, 11) is 0. The summed E-state index contributed by atoms with van der Waals surface area (Å²) in [6, 6.07) is 0.629. The van der Waals surface area contributed by atoms with E-state index in [1.54, 1.807) is 0 Å². The molecule has 4 heteroatoms. The van der Waals surface area contributed by atoms with Gasteiger partial charge in [-0.15, -0.1) is 0 Å². The summed E-state index contributed by atoms with van der Waals surface area (Å²) >= 11 is 0. The molecular formula is C16H32N2O2. The van der Waals surface area contributed by atoms with E-state index >= 15 is 0 Å². The van der Waals surface area contributed by atoms with Gasteiger partial charge in [0.1, 0.15) is 0 Å². The Kier molecular flexibility index (Phi) is 5.11. The SMILES string of the molecule is C[C@H](CCN1CCOC(C)(C)C1)N1CCOC(C)(C)C1. The van der Waals surface area contributed by atoms with Gasteiger partial charge in [0.2, 0.25) is 0 Å². The van der Waals surface area contributed by atoms with Crippen molar-refractivity contribution >= 4 is 0 Å². The predicted octanol–water partition coefficient (Wildman–Crippen LogP) is 1.99. The van der Waals surface area contributed by atoms with Gasteiger partial charge in [0.25, 0.3) is 0 Å². The predicted molar refractivity (Wildman–Crippen MR) is 82.2 cm³/mol. The first-order chi connectivity index (χ1) is 9.27. The standard InChI is InChI=1S/C16H32N2O2/c1-14(18-9-11-20-16(4,5)13-18)6-7-17-8-10-19-15(2,3)12-17/h14H,6-13H2,1-5H3/t14-/m1/s1. The van der Waals surface area contributed by atoms with Gasteiger partial charge in [0.15, 0.2) is 0 Å². The largest absolute Gasteiger partial charge is 0.373 e. The molecule has 20 heavy (non-hydrogen) atoms. The summed E-state index contributed by atoms with van der Waals surface area (Å²) in [5, 5.41) is 0. The van der Waals surface area contributed by atoms with Crippen LogP contribution in [-0.4, -0.2) is 73.0 Å². The number of nitrogens with zero attached hydrogens (tertiary/aromatic N) is 2. The molecule has 0 bridgehead atoms. The van der Waals surface area contributed by atoms with Crippen LogP contribution >= 0.6 is 0 Å². The maximum atomic E-state index is 5.80. The van der Waals surface area contributed by atoms with Crippen LogP contribution in [0.4, 0.5) is 0 Å². The van der Waals surface area contributed by atoms with Crippen LogP contribution in [0.25, 0.3) is 0 Å². The quantitative estimate of drug-likeness (QED) is 0.788. The van der Waals surface area contributed by atoms with Gasteiger partial charge in [0, 0.05) is 32.2 Å². The van der Waals surface area contributed by atoms with Gasteiger partial charge in [-0.1, -0.05) is 0 Å². The topological polar surface area (TPSA) is 24.9 Å². The van der Waals surface area contributed by atoms with Gasteiger partial charge < -0.3 is 9.47 Å². The van der Waals surface area contributed by atoms with E-state index in [1.165, 1.54) is 13.0 Å². The average molecular weight is 284 g/mol. The lowest BCUT2D eigenvalue weighted by Crippen LogP contribution is -2.53. The summed E-state index contributed by atoms with van der Waals surface area (Å²) in [5.74, 6) is 0. The van der Waals surface area contributed by atoms with Crippen LogP contribution in [0, 0.1) is 0 Å². The lowest BCUT2D eigenvalue weighted by molar-refractivity contribution is -0.101. The molecule has 2 aliphatic heterocycles. The minimum Gasteiger partial charge on any atom is -0.373 e. The molecule has 0 saturated carbocycles. The van der Waals surface area contributed by atoms with Gasteiger partial charge >= 0.3 is 0 Å². The summed E-state index contributed by atoms with van der Waals surface area (Å²) in [6.45, 7) is 18.3. The highest BCUT2D eigenvalue weighted by Crippen LogP contribution is 2.21. The normalized spacial score (nSPS) is 29.2. The molecule has 2 saturated heterocycles. The third-order valence-electron chi connectivity index (χ3n) is 4.45. The van der Waals surface area contributed by atoms with Crippen molar-refractivity contribution in [1.29, 1.82) is 0 Å². The van der Waals surface area contributed by atoms with Crippen molar-refractivity contribution in [2.75, 3.05) is 45.9 Å². The first kappa shape index (κ1) is 16.2. The molecule has 2 heterocycles. The maximum Gasteiger partial charge on any atom is 0.0753 e. The molecule has 1 atom stereocenters. The van der Waals surface area contributed by atoms with Crippen molar-refractivity contribution in [3.05, 3.63) is 0 Å². The Bertz CT molecular complexity index is 318. The maximum absolute atomic E-state index is 5.80. The van der Waals surface area contributed by atoms with E-state index in [1.807, 2.05) is 0 Å². The van der Waals surface area contributed by atoms with Gasteiger partial charge in [-0.05, 0) is 47.6 Å². The zero-order chi connectivity index (χ0) is 14.8. The highest BCUT2D eigenvalue weighted by Gasteiger charge is 2.31. The van der Waals surface area contributed by atoms with Crippen LogP contribution in [0.1, 0.15) is 41.0 Å². The van der Waals surface area contributed by atoms with Crippen LogP contribution < -0.4 is 0 Å². The Labute approximate surface area is 124 Å². The molecule has 2 rings (SSSR count). The van der Waals surface area contributed by atoms with Crippen LogP contribution in [0.2, 0.25) is 0 Å². The second kappa shape index (κ2) is 6.30. The fraction of sp³-hybridized carbons (Fsp3) is 1.00. The third-order valence-corrected chi connectivity index (χ3v) is 4.45. The van der Waals surface area contributed by atoms with E-state index in [0.717, 1.165) is 39.4 Å². The zero-order valence-corrected chi connectivity index (χ0v) is 13.9. The van der Waals surface area contributed by atoms with E-state index < -0.39 is 0 Å². The molecule has 0 radical (unpaired) electrons. The lowest BCUT2D eigenvalue weighted by atomic mass is 10.0. The van der Waals surface area contributed by atoms with Crippen LogP contribution in [0.15, 0.2) is 0 Å². The summed E-state index contributed by atoms with van der Waals surface area (Å²) in [5.41, 5.74) is 0.0237. The molecule has 118 valence electrons. The molecule has 0 aromatic carbocycles. The Hall–Kier alpha value is -0.160. The molecule has 4 nitrogen and oxygen atoms in total. The summed E-state index contributed by atoms with van der Waals surface area (Å²) in [4.78, 5) is 5.13. The highest BCUT2D eigenvalue weighted by molar-refractivity contribution is 4.84. The summed E-state index contributed by atoms with van der Waals surface area (Å²) in [6.07, 6.45) is 1.23. The van der Waals surface area contributed by atoms with Crippen molar-refractivity contribution in [1.82, 2.24) is 9.80 Å². The molecule has 0 amide bonds. The van der Waals surface area contributed by atoms with Crippen molar-refractivity contribution in [3.63, 3.8) is 0 Å². The Morgan fingerprint density at radius 2 is 1.55 bits per heavy atom. The zero-order valence-electron chi connectivity index (χ0n) is 13.9. The lowest BCUT2D eigenvalue weighted by Gasteiger charge is -2.42. The van der Waals surface area contributed by atoms with E-state index in [9.17, 15) is 0 Å². The number of morpholine rings is 2. The fourth-order valence-corrected chi connectivity index (χ4v) is 3.29. The minimum absolute atomic E-state index is 0.00741. The number of hydrogen-bond donors (Lipinski definition) is 0. The monoisotopic (exact) mass is 284 g/mol. The first-order valence-electron chi connectivity index (χ1n) is 8.02. The van der Waals surface area contributed by atoms with Crippen molar-refractivity contribution in [2.45, 2.75) is 58.3 Å². The van der Waals surface area contributed by atoms with Crippen molar-refractivity contribution in [3.8, 4) is 0 Å². The van der Waals surface area contributed by atoms with Crippen molar-refractivity contribution in [2.24, 2.45) is 0 Å². The van der Waals surface area contributed by atoms with Crippen molar-refractivity contribution < 1.29 is 9.47 Å². The van der Waals surface area contributed by atoms with Gasteiger partial charge in [0.05, 0.1) is 24.4 Å². The Morgan fingerprint density at radius 1 is 0.950 bits per heavy atom. The average Bonchev–Trinajstić information content (AvgIpc) is 2.33. The van der Waals surface area contributed by atoms with Crippen LogP contribution in [0.5, 0.6) is 0 Å². The molecule has 2 fully saturated rings. The third kappa shape index (κ3) is 4.69. The number of rotatable bonds is 4. The van der Waals surface area contributed by atoms with Crippen LogP contribution in [0.3, 0.4) is 0 Å². The molecule has 2 aliphatic rings. The molecule has 0 spiro atoms. The Balaban J connectivity index is 1.76. The molecular weight excluding hydrogens is 252 g/mol. The van der Waals surface area contributed by atoms with Gasteiger partial charge in [-0.25, -0.2) is 0 Å². The van der Waals surface area contributed by atoms with E-state index in [0.29, 0.717) is 6.04 Å². The highest BCUT2D eigenvalue weighted by atomic mass is 16.5. The van der Waals surface area contributed by atoms with Gasteiger partial charge in [-0.3, -0.25) is 9.80 Å². The second-order valence-electron chi connectivity index (χ2n) is 7.60. The van der Waals surface area contributed by atoms with E-state index in [2.05, 4.69) is 44.4 Å². The minimum atomic E-state index is 0.00741. The molecule has 0 aliphatic carbocycles. The van der Waals surface area contributed by atoms with E-state index in [-0.39, 0.29) is 11.2 Å².